The molecule has 1 aromatic carbocycles. The van der Waals surface area contributed by atoms with Gasteiger partial charge in [0.25, 0.3) is 0 Å². The van der Waals surface area contributed by atoms with Gasteiger partial charge in [-0.25, -0.2) is 0 Å². The topological polar surface area (TPSA) is 32.3 Å². The van der Waals surface area contributed by atoms with Crippen LogP contribution in [-0.4, -0.2) is 16.7 Å². The zero-order valence-electron chi connectivity index (χ0n) is 10.1. The highest BCUT2D eigenvalue weighted by molar-refractivity contribution is 6.30. The second kappa shape index (κ2) is 5.57. The highest BCUT2D eigenvalue weighted by atomic mass is 35.5. The average Bonchev–Trinajstić information content (AvgIpc) is 2.58. The third-order valence-corrected chi connectivity index (χ3v) is 3.46. The summed E-state index contributed by atoms with van der Waals surface area (Å²) in [6, 6.07) is 7.58. The van der Waals surface area contributed by atoms with Crippen molar-refractivity contribution in [3.05, 3.63) is 34.9 Å². The van der Waals surface area contributed by atoms with Crippen molar-refractivity contribution in [1.82, 2.24) is 5.32 Å². The summed E-state index contributed by atoms with van der Waals surface area (Å²) >= 11 is 5.92. The fourth-order valence-electron chi connectivity index (χ4n) is 2.32. The minimum atomic E-state index is -0.472. The molecule has 1 aliphatic heterocycles. The zero-order valence-corrected chi connectivity index (χ0v) is 11.7. The third kappa shape index (κ3) is 3.59. The van der Waals surface area contributed by atoms with Gasteiger partial charge in [0, 0.05) is 16.6 Å². The Morgan fingerprint density at radius 2 is 2.18 bits per heavy atom. The summed E-state index contributed by atoms with van der Waals surface area (Å²) in [7, 11) is 0. The standard InChI is InChI=1S/C13H18ClNO.ClH/c1-13(2)7-6-11(15-13)12(16)9-4-3-5-10(14)8-9;/h3-5,8,11-12,15-16H,6-7H2,1-2H3;1H/t11-,12?;/m1./s1. The van der Waals surface area contributed by atoms with Gasteiger partial charge in [-0.15, -0.1) is 12.4 Å². The molecular formula is C13H19Cl2NO. The number of rotatable bonds is 2. The van der Waals surface area contributed by atoms with E-state index in [1.165, 1.54) is 0 Å². The van der Waals surface area contributed by atoms with E-state index >= 15 is 0 Å². The lowest BCUT2D eigenvalue weighted by Gasteiger charge is -2.24. The average molecular weight is 276 g/mol. The molecule has 0 amide bonds. The van der Waals surface area contributed by atoms with Gasteiger partial charge in [0.05, 0.1) is 6.10 Å². The molecule has 1 saturated heterocycles. The Hall–Kier alpha value is -0.280. The molecule has 2 nitrogen and oxygen atoms in total. The maximum absolute atomic E-state index is 10.3. The molecule has 0 spiro atoms. The molecule has 1 unspecified atom stereocenters. The molecule has 4 heteroatoms. The highest BCUT2D eigenvalue weighted by Crippen LogP contribution is 2.30. The van der Waals surface area contributed by atoms with Crippen molar-refractivity contribution < 1.29 is 5.11 Å². The lowest BCUT2D eigenvalue weighted by atomic mass is 10.0. The van der Waals surface area contributed by atoms with E-state index in [4.69, 9.17) is 11.6 Å². The smallest absolute Gasteiger partial charge is 0.0943 e. The number of hydrogen-bond donors (Lipinski definition) is 2. The van der Waals surface area contributed by atoms with E-state index in [1.54, 1.807) is 0 Å². The van der Waals surface area contributed by atoms with E-state index < -0.39 is 6.10 Å². The molecule has 1 fully saturated rings. The molecule has 1 aromatic rings. The van der Waals surface area contributed by atoms with Crippen LogP contribution in [0.25, 0.3) is 0 Å². The second-order valence-corrected chi connectivity index (χ2v) is 5.61. The van der Waals surface area contributed by atoms with E-state index in [1.807, 2.05) is 24.3 Å². The molecule has 0 aliphatic carbocycles. The van der Waals surface area contributed by atoms with Crippen LogP contribution in [0.4, 0.5) is 0 Å². The molecule has 2 atom stereocenters. The second-order valence-electron chi connectivity index (χ2n) is 5.17. The summed E-state index contributed by atoms with van der Waals surface area (Å²) in [4.78, 5) is 0. The Bertz CT molecular complexity index is 381. The maximum Gasteiger partial charge on any atom is 0.0943 e. The van der Waals surface area contributed by atoms with Crippen LogP contribution in [0.3, 0.4) is 0 Å². The summed E-state index contributed by atoms with van der Waals surface area (Å²) in [6.07, 6.45) is 1.62. The molecule has 96 valence electrons. The van der Waals surface area contributed by atoms with Gasteiger partial charge in [0.1, 0.15) is 0 Å². The van der Waals surface area contributed by atoms with Crippen molar-refractivity contribution in [3.63, 3.8) is 0 Å². The van der Waals surface area contributed by atoms with E-state index in [9.17, 15) is 5.11 Å². The van der Waals surface area contributed by atoms with Gasteiger partial charge in [-0.2, -0.15) is 0 Å². The van der Waals surface area contributed by atoms with Crippen molar-refractivity contribution in [2.75, 3.05) is 0 Å². The van der Waals surface area contributed by atoms with E-state index in [2.05, 4.69) is 19.2 Å². The van der Waals surface area contributed by atoms with E-state index in [0.29, 0.717) is 5.02 Å². The molecule has 1 heterocycles. The van der Waals surface area contributed by atoms with Gasteiger partial charge in [-0.3, -0.25) is 0 Å². The van der Waals surface area contributed by atoms with Gasteiger partial charge in [0.2, 0.25) is 0 Å². The number of halogens is 2. The van der Waals surface area contributed by atoms with Crippen molar-refractivity contribution in [2.45, 2.75) is 44.4 Å². The molecule has 1 aliphatic rings. The first-order valence-electron chi connectivity index (χ1n) is 5.69. The summed E-state index contributed by atoms with van der Waals surface area (Å²) in [6.45, 7) is 4.33. The number of nitrogens with one attached hydrogen (secondary N) is 1. The normalized spacial score (nSPS) is 24.1. The Kier molecular flexibility index (Phi) is 4.85. The minimum Gasteiger partial charge on any atom is -0.387 e. The van der Waals surface area contributed by atoms with Crippen LogP contribution in [0.2, 0.25) is 5.02 Å². The summed E-state index contributed by atoms with van der Waals surface area (Å²) < 4.78 is 0. The van der Waals surface area contributed by atoms with Crippen LogP contribution in [0.5, 0.6) is 0 Å². The minimum absolute atomic E-state index is 0. The molecule has 0 aromatic heterocycles. The SMILES string of the molecule is CC1(C)CC[C@H](C(O)c2cccc(Cl)c2)N1.Cl. The first kappa shape index (κ1) is 14.8. The molecule has 2 N–H and O–H groups in total. The van der Waals surface area contributed by atoms with Gasteiger partial charge in [0.15, 0.2) is 0 Å². The Labute approximate surface area is 114 Å². The molecular weight excluding hydrogens is 257 g/mol. The largest absolute Gasteiger partial charge is 0.387 e. The Balaban J connectivity index is 0.00000144. The van der Waals surface area contributed by atoms with Crippen molar-refractivity contribution in [1.29, 1.82) is 0 Å². The first-order chi connectivity index (χ1) is 7.48. The first-order valence-corrected chi connectivity index (χ1v) is 6.07. The third-order valence-electron chi connectivity index (χ3n) is 3.23. The highest BCUT2D eigenvalue weighted by Gasteiger charge is 2.34. The van der Waals surface area contributed by atoms with Crippen LogP contribution in [0, 0.1) is 0 Å². The fourth-order valence-corrected chi connectivity index (χ4v) is 2.52. The number of benzene rings is 1. The van der Waals surface area contributed by atoms with Gasteiger partial charge in [-0.1, -0.05) is 23.7 Å². The molecule has 17 heavy (non-hydrogen) atoms. The monoisotopic (exact) mass is 275 g/mol. The van der Waals surface area contributed by atoms with E-state index in [0.717, 1.165) is 18.4 Å². The van der Waals surface area contributed by atoms with Gasteiger partial charge < -0.3 is 10.4 Å². The van der Waals surface area contributed by atoms with Crippen molar-refractivity contribution >= 4 is 24.0 Å². The van der Waals surface area contributed by atoms with Gasteiger partial charge >= 0.3 is 0 Å². The van der Waals surface area contributed by atoms with Gasteiger partial charge in [-0.05, 0) is 44.4 Å². The quantitative estimate of drug-likeness (QED) is 0.868. The number of hydrogen-bond acceptors (Lipinski definition) is 2. The molecule has 2 rings (SSSR count). The number of aliphatic hydroxyl groups is 1. The zero-order chi connectivity index (χ0) is 11.8. The van der Waals surface area contributed by atoms with Crippen molar-refractivity contribution in [3.8, 4) is 0 Å². The fraction of sp³-hybridized carbons (Fsp3) is 0.538. The van der Waals surface area contributed by atoms with E-state index in [-0.39, 0.29) is 24.0 Å². The van der Waals surface area contributed by atoms with Crippen molar-refractivity contribution in [2.24, 2.45) is 0 Å². The summed E-state index contributed by atoms with van der Waals surface area (Å²) in [5.41, 5.74) is 1.02. The van der Waals surface area contributed by atoms with Crippen LogP contribution < -0.4 is 5.32 Å². The van der Waals surface area contributed by atoms with Crippen LogP contribution in [0.1, 0.15) is 38.4 Å². The van der Waals surface area contributed by atoms with Crippen LogP contribution >= 0.6 is 24.0 Å². The maximum atomic E-state index is 10.3. The predicted molar refractivity (Wildman–Crippen MR) is 73.9 cm³/mol. The lowest BCUT2D eigenvalue weighted by molar-refractivity contribution is 0.131. The lowest BCUT2D eigenvalue weighted by Crippen LogP contribution is -2.40. The van der Waals surface area contributed by atoms with Crippen LogP contribution in [-0.2, 0) is 0 Å². The summed E-state index contributed by atoms with van der Waals surface area (Å²) in [5, 5.41) is 14.4. The molecule has 0 radical (unpaired) electrons. The molecule has 0 saturated carbocycles. The Morgan fingerprint density at radius 1 is 1.47 bits per heavy atom. The summed E-state index contributed by atoms with van der Waals surface area (Å²) in [5.74, 6) is 0. The Morgan fingerprint density at radius 3 is 2.71 bits per heavy atom. The molecule has 0 bridgehead atoms. The van der Waals surface area contributed by atoms with Crippen LogP contribution in [0.15, 0.2) is 24.3 Å². The predicted octanol–water partition coefficient (Wildman–Crippen LogP) is 3.33. The number of aliphatic hydroxyl groups excluding tert-OH is 1.